The van der Waals surface area contributed by atoms with Crippen molar-refractivity contribution in [1.29, 1.82) is 0 Å². The fourth-order valence-electron chi connectivity index (χ4n) is 2.63. The number of aliphatic hydroxyl groups excluding tert-OH is 1. The van der Waals surface area contributed by atoms with Gasteiger partial charge in [0.1, 0.15) is 0 Å². The predicted octanol–water partition coefficient (Wildman–Crippen LogP) is 2.55. The maximum Gasteiger partial charge on any atom is 0.317 e. The Morgan fingerprint density at radius 1 is 1.55 bits per heavy atom. The Kier molecular flexibility index (Phi) is 5.43. The molecule has 5 heteroatoms. The topological polar surface area (TPSA) is 52.6 Å². The summed E-state index contributed by atoms with van der Waals surface area (Å²) < 4.78 is 1.07. The molecular formula is C15H21BrN2O2. The lowest BCUT2D eigenvalue weighted by Gasteiger charge is -2.25. The van der Waals surface area contributed by atoms with Crippen LogP contribution in [0.5, 0.6) is 0 Å². The standard InChI is InChI=1S/C15H21BrN2O2/c1-11(9-12-5-2-3-7-14(12)16)17-15(20)18-8-4-6-13(18)10-19/h2-3,5,7,11,13,19H,4,6,8-10H2,1H3,(H,17,20)/t11?,13-/m0/s1. The van der Waals surface area contributed by atoms with Crippen LogP contribution in [0.2, 0.25) is 0 Å². The van der Waals surface area contributed by atoms with Crippen LogP contribution in [0.1, 0.15) is 25.3 Å². The molecule has 20 heavy (non-hydrogen) atoms. The van der Waals surface area contributed by atoms with E-state index in [1.165, 1.54) is 5.56 Å². The van der Waals surface area contributed by atoms with E-state index in [9.17, 15) is 9.90 Å². The normalized spacial score (nSPS) is 19.9. The molecule has 1 heterocycles. The monoisotopic (exact) mass is 340 g/mol. The Hall–Kier alpha value is -1.07. The molecule has 1 aliphatic heterocycles. The summed E-state index contributed by atoms with van der Waals surface area (Å²) in [5.41, 5.74) is 1.18. The van der Waals surface area contributed by atoms with Crippen LogP contribution in [0.4, 0.5) is 4.79 Å². The van der Waals surface area contributed by atoms with Crippen LogP contribution in [0.25, 0.3) is 0 Å². The van der Waals surface area contributed by atoms with Crippen LogP contribution in [0, 0.1) is 0 Å². The second-order valence-electron chi connectivity index (χ2n) is 5.32. The highest BCUT2D eigenvalue weighted by Gasteiger charge is 2.28. The maximum absolute atomic E-state index is 12.2. The minimum Gasteiger partial charge on any atom is -0.394 e. The van der Waals surface area contributed by atoms with Crippen LogP contribution in [-0.2, 0) is 6.42 Å². The van der Waals surface area contributed by atoms with Crippen molar-refractivity contribution in [3.63, 3.8) is 0 Å². The first-order valence-corrected chi connectivity index (χ1v) is 7.82. The summed E-state index contributed by atoms with van der Waals surface area (Å²) in [6.45, 7) is 2.78. The third-order valence-corrected chi connectivity index (χ3v) is 4.48. The van der Waals surface area contributed by atoms with Gasteiger partial charge in [-0.15, -0.1) is 0 Å². The van der Waals surface area contributed by atoms with Gasteiger partial charge in [-0.05, 0) is 37.8 Å². The van der Waals surface area contributed by atoms with Crippen molar-refractivity contribution in [3.8, 4) is 0 Å². The van der Waals surface area contributed by atoms with E-state index in [0.717, 1.165) is 30.3 Å². The van der Waals surface area contributed by atoms with Gasteiger partial charge in [-0.1, -0.05) is 34.1 Å². The molecule has 2 atom stereocenters. The molecule has 0 radical (unpaired) electrons. The summed E-state index contributed by atoms with van der Waals surface area (Å²) in [4.78, 5) is 13.9. The number of halogens is 1. The quantitative estimate of drug-likeness (QED) is 0.884. The molecule has 4 nitrogen and oxygen atoms in total. The van der Waals surface area contributed by atoms with Crippen LogP contribution in [0.15, 0.2) is 28.7 Å². The van der Waals surface area contributed by atoms with E-state index < -0.39 is 0 Å². The third-order valence-electron chi connectivity index (χ3n) is 3.70. The van der Waals surface area contributed by atoms with Crippen molar-refractivity contribution in [3.05, 3.63) is 34.3 Å². The van der Waals surface area contributed by atoms with Gasteiger partial charge in [-0.2, -0.15) is 0 Å². The number of likely N-dealkylation sites (tertiary alicyclic amines) is 1. The zero-order valence-electron chi connectivity index (χ0n) is 11.7. The van der Waals surface area contributed by atoms with Gasteiger partial charge in [0, 0.05) is 17.1 Å². The average Bonchev–Trinajstić information content (AvgIpc) is 2.89. The fraction of sp³-hybridized carbons (Fsp3) is 0.533. The van der Waals surface area contributed by atoms with E-state index >= 15 is 0 Å². The van der Waals surface area contributed by atoms with E-state index in [-0.39, 0.29) is 24.7 Å². The largest absolute Gasteiger partial charge is 0.394 e. The Bertz CT molecular complexity index is 467. The van der Waals surface area contributed by atoms with Crippen LogP contribution >= 0.6 is 15.9 Å². The number of carbonyl (C=O) groups excluding carboxylic acids is 1. The number of aliphatic hydroxyl groups is 1. The molecule has 1 saturated heterocycles. The molecule has 0 aromatic heterocycles. The summed E-state index contributed by atoms with van der Waals surface area (Å²) in [6, 6.07) is 8.00. The highest BCUT2D eigenvalue weighted by molar-refractivity contribution is 9.10. The molecule has 2 amide bonds. The second-order valence-corrected chi connectivity index (χ2v) is 6.17. The van der Waals surface area contributed by atoms with E-state index in [2.05, 4.69) is 27.3 Å². The SMILES string of the molecule is CC(Cc1ccccc1Br)NC(=O)N1CCC[C@H]1CO. The van der Waals surface area contributed by atoms with Gasteiger partial charge in [-0.25, -0.2) is 4.79 Å². The number of hydrogen-bond acceptors (Lipinski definition) is 2. The Morgan fingerprint density at radius 3 is 3.00 bits per heavy atom. The number of nitrogens with zero attached hydrogens (tertiary/aromatic N) is 1. The second kappa shape index (κ2) is 7.09. The highest BCUT2D eigenvalue weighted by atomic mass is 79.9. The van der Waals surface area contributed by atoms with Crippen molar-refractivity contribution < 1.29 is 9.90 Å². The van der Waals surface area contributed by atoms with Gasteiger partial charge in [0.05, 0.1) is 12.6 Å². The summed E-state index contributed by atoms with van der Waals surface area (Å²) in [5, 5.41) is 12.3. The first-order valence-electron chi connectivity index (χ1n) is 7.03. The fourth-order valence-corrected chi connectivity index (χ4v) is 3.08. The molecule has 1 aromatic carbocycles. The minimum absolute atomic E-state index is 0.0225. The third kappa shape index (κ3) is 3.73. The average molecular weight is 341 g/mol. The maximum atomic E-state index is 12.2. The lowest BCUT2D eigenvalue weighted by Crippen LogP contribution is -2.47. The van der Waals surface area contributed by atoms with E-state index in [4.69, 9.17) is 0 Å². The van der Waals surface area contributed by atoms with Gasteiger partial charge >= 0.3 is 6.03 Å². The summed E-state index contributed by atoms with van der Waals surface area (Å²) in [7, 11) is 0. The van der Waals surface area contributed by atoms with Crippen LogP contribution in [-0.4, -0.2) is 41.3 Å². The molecule has 1 unspecified atom stereocenters. The molecule has 2 N–H and O–H groups in total. The molecule has 1 fully saturated rings. The number of urea groups is 1. The number of amides is 2. The molecule has 2 rings (SSSR count). The number of nitrogens with one attached hydrogen (secondary N) is 1. The Labute approximate surface area is 128 Å². The molecule has 0 saturated carbocycles. The van der Waals surface area contributed by atoms with Crippen LogP contribution in [0.3, 0.4) is 0 Å². The van der Waals surface area contributed by atoms with Crippen molar-refractivity contribution in [2.24, 2.45) is 0 Å². The number of rotatable bonds is 4. The van der Waals surface area contributed by atoms with Crippen molar-refractivity contribution in [2.45, 2.75) is 38.3 Å². The van der Waals surface area contributed by atoms with Crippen molar-refractivity contribution in [2.75, 3.05) is 13.2 Å². The van der Waals surface area contributed by atoms with Crippen molar-refractivity contribution >= 4 is 22.0 Å². The number of benzene rings is 1. The highest BCUT2D eigenvalue weighted by Crippen LogP contribution is 2.19. The van der Waals surface area contributed by atoms with Gasteiger partial charge in [0.25, 0.3) is 0 Å². The lowest BCUT2D eigenvalue weighted by atomic mass is 10.1. The lowest BCUT2D eigenvalue weighted by molar-refractivity contribution is 0.155. The molecule has 110 valence electrons. The smallest absolute Gasteiger partial charge is 0.317 e. The minimum atomic E-state index is -0.0684. The Balaban J connectivity index is 1.89. The van der Waals surface area contributed by atoms with Gasteiger partial charge in [0.2, 0.25) is 0 Å². The number of carbonyl (C=O) groups is 1. The van der Waals surface area contributed by atoms with Gasteiger partial charge in [-0.3, -0.25) is 0 Å². The molecule has 1 aliphatic rings. The summed E-state index contributed by atoms with van der Waals surface area (Å²) in [5.74, 6) is 0. The Morgan fingerprint density at radius 2 is 2.30 bits per heavy atom. The molecule has 0 aliphatic carbocycles. The van der Waals surface area contributed by atoms with E-state index in [1.807, 2.05) is 25.1 Å². The molecule has 0 spiro atoms. The zero-order chi connectivity index (χ0) is 14.5. The first kappa shape index (κ1) is 15.3. The summed E-state index contributed by atoms with van der Waals surface area (Å²) >= 11 is 3.52. The molecule has 0 bridgehead atoms. The molecular weight excluding hydrogens is 320 g/mol. The first-order chi connectivity index (χ1) is 9.61. The van der Waals surface area contributed by atoms with E-state index in [1.54, 1.807) is 4.90 Å². The van der Waals surface area contributed by atoms with Crippen molar-refractivity contribution in [1.82, 2.24) is 10.2 Å². The van der Waals surface area contributed by atoms with Crippen LogP contribution < -0.4 is 5.32 Å². The predicted molar refractivity (Wildman–Crippen MR) is 82.7 cm³/mol. The number of hydrogen-bond donors (Lipinski definition) is 2. The van der Waals surface area contributed by atoms with E-state index in [0.29, 0.717) is 0 Å². The summed E-state index contributed by atoms with van der Waals surface area (Å²) in [6.07, 6.45) is 2.64. The molecule has 1 aromatic rings. The zero-order valence-corrected chi connectivity index (χ0v) is 13.3. The van der Waals surface area contributed by atoms with Gasteiger partial charge in [0.15, 0.2) is 0 Å². The van der Waals surface area contributed by atoms with Gasteiger partial charge < -0.3 is 15.3 Å².